The molecule has 0 aliphatic carbocycles. The van der Waals surface area contributed by atoms with Crippen molar-refractivity contribution in [1.29, 1.82) is 0 Å². The van der Waals surface area contributed by atoms with Crippen molar-refractivity contribution < 1.29 is 0 Å². The summed E-state index contributed by atoms with van der Waals surface area (Å²) in [5.41, 5.74) is 0. The monoisotopic (exact) mass is 236 g/mol. The second-order valence-electron chi connectivity index (χ2n) is 4.30. The molecule has 88 valence electrons. The molecule has 0 aliphatic rings. The zero-order valence-electron chi connectivity index (χ0n) is 10.6. The Morgan fingerprint density at radius 1 is 0.857 bits per heavy atom. The minimum atomic E-state index is 0.778. The average Bonchev–Trinajstić information content (AvgIpc) is 2.19. The molecule has 0 bridgehead atoms. The van der Waals surface area contributed by atoms with Gasteiger partial charge >= 0.3 is 0 Å². The molecular weight excluding hydrogens is 208 g/mol. The first-order chi connectivity index (χ1) is 6.77. The molecule has 0 spiro atoms. The average molecular weight is 237 g/mol. The van der Waals surface area contributed by atoms with Crippen molar-refractivity contribution in [3.05, 3.63) is 0 Å². The van der Waals surface area contributed by atoms with E-state index in [0.717, 1.165) is 15.5 Å². The molecule has 0 heterocycles. The van der Waals surface area contributed by atoms with E-state index in [1.165, 1.54) is 51.4 Å². The third-order valence-corrected chi connectivity index (χ3v) is 2.39. The summed E-state index contributed by atoms with van der Waals surface area (Å²) in [5.74, 6) is 0.903. The second kappa shape index (κ2) is 16.0. The van der Waals surface area contributed by atoms with Gasteiger partial charge in [-0.2, -0.15) is 11.1 Å². The first-order valence-corrected chi connectivity index (χ1v) is 9.17. The predicted molar refractivity (Wildman–Crippen MR) is 73.2 cm³/mol. The standard InChI is InChI=1S/C12H26.ClH3Si/c1-4-5-6-7-8-9-10-11-12(2)3;1-2/h12H,4-11H2,1-3H3;2H3. The molecule has 0 atom stereocenters. The molecule has 0 aliphatic heterocycles. The summed E-state index contributed by atoms with van der Waals surface area (Å²) in [5, 5.41) is 0. The smallest absolute Gasteiger partial charge is 0.109 e. The topological polar surface area (TPSA) is 0 Å². The van der Waals surface area contributed by atoms with Crippen LogP contribution in [0.3, 0.4) is 0 Å². The Labute approximate surface area is 98.9 Å². The number of hydrogen-bond donors (Lipinski definition) is 0. The fourth-order valence-electron chi connectivity index (χ4n) is 1.51. The largest absolute Gasteiger partial charge is 0.181 e. The van der Waals surface area contributed by atoms with E-state index >= 15 is 0 Å². The molecule has 0 saturated carbocycles. The van der Waals surface area contributed by atoms with Crippen molar-refractivity contribution in [3.63, 3.8) is 0 Å². The van der Waals surface area contributed by atoms with Crippen molar-refractivity contribution in [1.82, 2.24) is 0 Å². The van der Waals surface area contributed by atoms with Gasteiger partial charge in [0, 0.05) is 0 Å². The maximum atomic E-state index is 4.78. The molecule has 0 nitrogen and oxygen atoms in total. The van der Waals surface area contributed by atoms with Gasteiger partial charge in [-0.3, -0.25) is 0 Å². The zero-order chi connectivity index (χ0) is 11.2. The summed E-state index contributed by atoms with van der Waals surface area (Å²) in [6, 6.07) is 0. The fraction of sp³-hybridized carbons (Fsp3) is 1.00. The van der Waals surface area contributed by atoms with Crippen LogP contribution in [-0.4, -0.2) is 9.55 Å². The van der Waals surface area contributed by atoms with E-state index < -0.39 is 0 Å². The molecular formula is C12H29ClSi. The lowest BCUT2D eigenvalue weighted by Gasteiger charge is -2.03. The molecule has 0 aromatic rings. The maximum absolute atomic E-state index is 4.78. The predicted octanol–water partition coefficient (Wildman–Crippen LogP) is 4.29. The second-order valence-corrected chi connectivity index (χ2v) is 4.30. The van der Waals surface area contributed by atoms with E-state index in [9.17, 15) is 0 Å². The highest BCUT2D eigenvalue weighted by atomic mass is 35.6. The third kappa shape index (κ3) is 18.3. The van der Waals surface area contributed by atoms with Gasteiger partial charge in [-0.05, 0) is 5.92 Å². The summed E-state index contributed by atoms with van der Waals surface area (Å²) in [6.45, 7) is 6.91. The Hall–Kier alpha value is 0.507. The van der Waals surface area contributed by atoms with E-state index in [1.54, 1.807) is 0 Å². The summed E-state index contributed by atoms with van der Waals surface area (Å²) in [4.78, 5) is 0. The van der Waals surface area contributed by atoms with Crippen LogP contribution in [0.2, 0.25) is 0 Å². The summed E-state index contributed by atoms with van der Waals surface area (Å²) >= 11 is 4.78. The number of hydrogen-bond acceptors (Lipinski definition) is 0. The van der Waals surface area contributed by atoms with Gasteiger partial charge in [0.05, 0.1) is 0 Å². The van der Waals surface area contributed by atoms with Crippen LogP contribution in [-0.2, 0) is 0 Å². The van der Waals surface area contributed by atoms with Crippen LogP contribution in [0.4, 0.5) is 0 Å². The molecule has 0 saturated heterocycles. The molecule has 0 N–H and O–H groups in total. The summed E-state index contributed by atoms with van der Waals surface area (Å²) in [7, 11) is 0.778. The van der Waals surface area contributed by atoms with Gasteiger partial charge in [-0.25, -0.2) is 0 Å². The van der Waals surface area contributed by atoms with E-state index in [1.807, 2.05) is 0 Å². The minimum absolute atomic E-state index is 0.778. The van der Waals surface area contributed by atoms with Gasteiger partial charge in [0.25, 0.3) is 0 Å². The molecule has 0 aromatic heterocycles. The Balaban J connectivity index is 0. The Kier molecular flexibility index (Phi) is 19.3. The van der Waals surface area contributed by atoms with Crippen LogP contribution in [0.1, 0.15) is 72.1 Å². The van der Waals surface area contributed by atoms with E-state index in [0.29, 0.717) is 0 Å². The van der Waals surface area contributed by atoms with E-state index in [4.69, 9.17) is 11.1 Å². The normalized spacial score (nSPS) is 10.1. The molecule has 0 unspecified atom stereocenters. The van der Waals surface area contributed by atoms with Crippen molar-refractivity contribution in [3.8, 4) is 0 Å². The van der Waals surface area contributed by atoms with E-state index in [-0.39, 0.29) is 0 Å². The lowest BCUT2D eigenvalue weighted by Crippen LogP contribution is -1.87. The van der Waals surface area contributed by atoms with Gasteiger partial charge in [0.2, 0.25) is 0 Å². The van der Waals surface area contributed by atoms with Crippen molar-refractivity contribution in [2.24, 2.45) is 5.92 Å². The summed E-state index contributed by atoms with van der Waals surface area (Å²) in [6.07, 6.45) is 11.5. The Bertz CT molecular complexity index is 84.4. The Morgan fingerprint density at radius 2 is 1.29 bits per heavy atom. The van der Waals surface area contributed by atoms with Crippen LogP contribution >= 0.6 is 11.1 Å². The van der Waals surface area contributed by atoms with Crippen LogP contribution < -0.4 is 0 Å². The molecule has 0 amide bonds. The highest BCUT2D eigenvalue weighted by molar-refractivity contribution is 6.80. The molecule has 0 aromatic carbocycles. The molecule has 0 radical (unpaired) electrons. The van der Waals surface area contributed by atoms with Crippen molar-refractivity contribution in [2.75, 3.05) is 0 Å². The van der Waals surface area contributed by atoms with Crippen LogP contribution in [0, 0.1) is 5.92 Å². The van der Waals surface area contributed by atoms with Gasteiger partial charge in [-0.1, -0.05) is 72.1 Å². The zero-order valence-corrected chi connectivity index (χ0v) is 13.4. The maximum Gasteiger partial charge on any atom is 0.109 e. The number of rotatable bonds is 8. The first-order valence-electron chi connectivity index (χ1n) is 6.15. The van der Waals surface area contributed by atoms with Crippen molar-refractivity contribution >= 4 is 20.6 Å². The molecule has 0 fully saturated rings. The minimum Gasteiger partial charge on any atom is -0.181 e. The quantitative estimate of drug-likeness (QED) is 0.335. The highest BCUT2D eigenvalue weighted by Gasteiger charge is 1.93. The lowest BCUT2D eigenvalue weighted by molar-refractivity contribution is 0.511. The third-order valence-electron chi connectivity index (χ3n) is 2.39. The van der Waals surface area contributed by atoms with Crippen LogP contribution in [0.5, 0.6) is 0 Å². The lowest BCUT2D eigenvalue weighted by atomic mass is 10.0. The molecule has 14 heavy (non-hydrogen) atoms. The molecule has 0 rings (SSSR count). The fourth-order valence-corrected chi connectivity index (χ4v) is 1.51. The van der Waals surface area contributed by atoms with Crippen LogP contribution in [0.15, 0.2) is 0 Å². The SMILES string of the molecule is CCCCCCCCCC(C)C.[SiH3]Cl. The Morgan fingerprint density at radius 3 is 1.71 bits per heavy atom. The number of unbranched alkanes of at least 4 members (excludes halogenated alkanes) is 6. The van der Waals surface area contributed by atoms with Crippen LogP contribution in [0.25, 0.3) is 0 Å². The van der Waals surface area contributed by atoms with Gasteiger partial charge < -0.3 is 0 Å². The highest BCUT2D eigenvalue weighted by Crippen LogP contribution is 2.11. The number of halogens is 1. The molecule has 2 heteroatoms. The van der Waals surface area contributed by atoms with Gasteiger partial charge in [0.15, 0.2) is 0 Å². The first kappa shape index (κ1) is 16.9. The van der Waals surface area contributed by atoms with Crippen molar-refractivity contribution in [2.45, 2.75) is 72.1 Å². The summed E-state index contributed by atoms with van der Waals surface area (Å²) < 4.78 is 0. The van der Waals surface area contributed by atoms with E-state index in [2.05, 4.69) is 20.8 Å². The van der Waals surface area contributed by atoms with Gasteiger partial charge in [-0.15, -0.1) is 0 Å². The van der Waals surface area contributed by atoms with Gasteiger partial charge in [0.1, 0.15) is 9.55 Å².